The number of hydrogen-bond acceptors (Lipinski definition) is 6. The maximum Gasteiger partial charge on any atom is 0.306 e. The van der Waals surface area contributed by atoms with Gasteiger partial charge >= 0.3 is 17.9 Å². The standard InChI is InChI=1S/C75H128O6/c1-4-7-10-13-16-19-22-25-28-30-32-34-36-37-39-40-42-44-47-50-53-56-59-62-65-68-74(77)80-71-72(70-79-73(76)67-64-61-58-55-52-49-46-27-24-21-18-15-12-9-6-3)81-75(78)69-66-63-60-57-54-51-48-45-43-41-38-35-33-31-29-26-23-20-17-14-11-8-5-2/h7,10,16,19,23,25-28,31-34,37,39,42,44,46,72H,4-6,8-9,11-15,17-18,20-22,24,29-30,35-36,38,40-41,43,45,47-71H2,1-3H3/b10-7-,19-16-,26-23-,28-25-,33-31-,34-32-,39-37-,44-42-,46-27-. The maximum atomic E-state index is 13.0. The van der Waals surface area contributed by atoms with Crippen molar-refractivity contribution < 1.29 is 28.6 Å². The topological polar surface area (TPSA) is 78.9 Å². The van der Waals surface area contributed by atoms with Gasteiger partial charge in [-0.1, -0.05) is 291 Å². The first-order chi connectivity index (χ1) is 40.0. The van der Waals surface area contributed by atoms with Gasteiger partial charge in [0.25, 0.3) is 0 Å². The van der Waals surface area contributed by atoms with Gasteiger partial charge in [0, 0.05) is 19.3 Å². The van der Waals surface area contributed by atoms with E-state index >= 15 is 0 Å². The largest absolute Gasteiger partial charge is 0.462 e. The van der Waals surface area contributed by atoms with Gasteiger partial charge in [-0.05, 0) is 128 Å². The summed E-state index contributed by atoms with van der Waals surface area (Å²) in [6, 6.07) is 0. The zero-order chi connectivity index (χ0) is 58.5. The Labute approximate surface area is 501 Å². The zero-order valence-electron chi connectivity index (χ0n) is 53.3. The fourth-order valence-electron chi connectivity index (χ4n) is 9.59. The lowest BCUT2D eigenvalue weighted by atomic mass is 10.0. The maximum absolute atomic E-state index is 13.0. The highest BCUT2D eigenvalue weighted by Crippen LogP contribution is 2.16. The van der Waals surface area contributed by atoms with Gasteiger partial charge in [-0.25, -0.2) is 0 Å². The second kappa shape index (κ2) is 68.6. The van der Waals surface area contributed by atoms with Gasteiger partial charge in [-0.2, -0.15) is 0 Å². The van der Waals surface area contributed by atoms with Crippen LogP contribution in [0.25, 0.3) is 0 Å². The van der Waals surface area contributed by atoms with Crippen molar-refractivity contribution in [3.8, 4) is 0 Å². The summed E-state index contributed by atoms with van der Waals surface area (Å²) in [6.07, 6.45) is 93.8. The fraction of sp³-hybridized carbons (Fsp3) is 0.720. The third-order valence-electron chi connectivity index (χ3n) is 14.7. The monoisotopic (exact) mass is 1120 g/mol. The highest BCUT2D eigenvalue weighted by Gasteiger charge is 2.19. The zero-order valence-corrected chi connectivity index (χ0v) is 53.3. The molecule has 0 amide bonds. The van der Waals surface area contributed by atoms with Crippen LogP contribution in [0.5, 0.6) is 0 Å². The molecule has 0 fully saturated rings. The first-order valence-corrected chi connectivity index (χ1v) is 34.4. The SMILES string of the molecule is CC/C=C\C/C=C\C/C=C\C/C=C\C/C=C\C/C=C\CCCCCCCCC(=O)OCC(COC(=O)CCCCCCC/C=C\CCCCCCCC)OC(=O)CCCCCCCCCCCCC/C=C\C/C=C\CCCCCCC. The van der Waals surface area contributed by atoms with Crippen molar-refractivity contribution >= 4 is 17.9 Å². The highest BCUT2D eigenvalue weighted by atomic mass is 16.6. The van der Waals surface area contributed by atoms with Crippen LogP contribution < -0.4 is 0 Å². The summed E-state index contributed by atoms with van der Waals surface area (Å²) in [6.45, 7) is 6.52. The number of allylic oxidation sites excluding steroid dienone is 18. The number of hydrogen-bond donors (Lipinski definition) is 0. The van der Waals surface area contributed by atoms with Gasteiger partial charge in [-0.3, -0.25) is 14.4 Å². The number of carbonyl (C=O) groups excluding carboxylic acids is 3. The number of carbonyl (C=O) groups is 3. The van der Waals surface area contributed by atoms with Gasteiger partial charge < -0.3 is 14.2 Å². The second-order valence-electron chi connectivity index (χ2n) is 22.7. The summed E-state index contributed by atoms with van der Waals surface area (Å²) in [5, 5.41) is 0. The van der Waals surface area contributed by atoms with E-state index in [9.17, 15) is 14.4 Å². The van der Waals surface area contributed by atoms with E-state index in [4.69, 9.17) is 14.2 Å². The molecule has 6 nitrogen and oxygen atoms in total. The van der Waals surface area contributed by atoms with E-state index in [1.807, 2.05) is 0 Å². The van der Waals surface area contributed by atoms with Crippen molar-refractivity contribution in [2.45, 2.75) is 335 Å². The van der Waals surface area contributed by atoms with Crippen molar-refractivity contribution in [1.82, 2.24) is 0 Å². The third kappa shape index (κ3) is 66.8. The van der Waals surface area contributed by atoms with Crippen LogP contribution in [-0.4, -0.2) is 37.2 Å². The molecular weight excluding hydrogens is 997 g/mol. The van der Waals surface area contributed by atoms with Gasteiger partial charge in [0.2, 0.25) is 0 Å². The second-order valence-corrected chi connectivity index (χ2v) is 22.7. The van der Waals surface area contributed by atoms with E-state index in [2.05, 4.69) is 130 Å². The van der Waals surface area contributed by atoms with Crippen molar-refractivity contribution in [1.29, 1.82) is 0 Å². The molecule has 0 N–H and O–H groups in total. The van der Waals surface area contributed by atoms with Crippen LogP contribution in [0.4, 0.5) is 0 Å². The molecule has 0 aromatic heterocycles. The molecule has 0 radical (unpaired) electrons. The molecule has 464 valence electrons. The lowest BCUT2D eigenvalue weighted by Gasteiger charge is -2.18. The number of ether oxygens (including phenoxy) is 3. The Balaban J connectivity index is 4.39. The molecular formula is C75H128O6. The van der Waals surface area contributed by atoms with Crippen molar-refractivity contribution in [3.05, 3.63) is 109 Å². The first-order valence-electron chi connectivity index (χ1n) is 34.4. The molecule has 1 atom stereocenters. The van der Waals surface area contributed by atoms with Crippen molar-refractivity contribution in [3.63, 3.8) is 0 Å². The molecule has 0 aliphatic carbocycles. The number of unbranched alkanes of at least 4 members (excludes halogenated alkanes) is 33. The van der Waals surface area contributed by atoms with E-state index in [-0.39, 0.29) is 31.1 Å². The normalized spacial score (nSPS) is 12.8. The predicted octanol–water partition coefficient (Wildman–Crippen LogP) is 23.8. The summed E-state index contributed by atoms with van der Waals surface area (Å²) in [4.78, 5) is 38.4. The van der Waals surface area contributed by atoms with Crippen LogP contribution in [0.1, 0.15) is 329 Å². The Morgan fingerprint density at radius 3 is 0.765 bits per heavy atom. The lowest BCUT2D eigenvalue weighted by molar-refractivity contribution is -0.167. The van der Waals surface area contributed by atoms with Crippen LogP contribution in [0, 0.1) is 0 Å². The van der Waals surface area contributed by atoms with E-state index in [1.54, 1.807) is 0 Å². The van der Waals surface area contributed by atoms with Crippen LogP contribution in [0.2, 0.25) is 0 Å². The molecule has 0 heterocycles. The van der Waals surface area contributed by atoms with Crippen LogP contribution in [0.15, 0.2) is 109 Å². The molecule has 0 aliphatic rings. The average molecular weight is 1130 g/mol. The summed E-state index contributed by atoms with van der Waals surface area (Å²) in [7, 11) is 0. The lowest BCUT2D eigenvalue weighted by Crippen LogP contribution is -2.30. The Hall–Kier alpha value is -3.93. The molecule has 1 unspecified atom stereocenters. The highest BCUT2D eigenvalue weighted by molar-refractivity contribution is 5.71. The van der Waals surface area contributed by atoms with Gasteiger partial charge in [-0.15, -0.1) is 0 Å². The van der Waals surface area contributed by atoms with Crippen molar-refractivity contribution in [2.75, 3.05) is 13.2 Å². The fourth-order valence-corrected chi connectivity index (χ4v) is 9.59. The molecule has 0 aromatic carbocycles. The summed E-state index contributed by atoms with van der Waals surface area (Å²) in [5.41, 5.74) is 0. The number of esters is 3. The Kier molecular flexibility index (Phi) is 65.2. The molecule has 81 heavy (non-hydrogen) atoms. The molecule has 0 spiro atoms. The number of rotatable bonds is 62. The van der Waals surface area contributed by atoms with Crippen molar-refractivity contribution in [2.24, 2.45) is 0 Å². The minimum absolute atomic E-state index is 0.0875. The summed E-state index contributed by atoms with van der Waals surface area (Å²) in [5.74, 6) is -0.901. The Morgan fingerprint density at radius 1 is 0.259 bits per heavy atom. The van der Waals surface area contributed by atoms with Crippen LogP contribution >= 0.6 is 0 Å². The van der Waals surface area contributed by atoms with Gasteiger partial charge in [0.15, 0.2) is 6.10 Å². The Bertz CT molecular complexity index is 1620. The van der Waals surface area contributed by atoms with E-state index in [1.165, 1.54) is 167 Å². The molecule has 0 rings (SSSR count). The quantitative estimate of drug-likeness (QED) is 0.0261. The minimum atomic E-state index is -0.792. The smallest absolute Gasteiger partial charge is 0.306 e. The van der Waals surface area contributed by atoms with E-state index in [0.29, 0.717) is 19.3 Å². The molecule has 0 aromatic rings. The molecule has 0 saturated carbocycles. The van der Waals surface area contributed by atoms with Gasteiger partial charge in [0.05, 0.1) is 0 Å². The van der Waals surface area contributed by atoms with Crippen LogP contribution in [-0.2, 0) is 28.6 Å². The Morgan fingerprint density at radius 2 is 0.481 bits per heavy atom. The van der Waals surface area contributed by atoms with E-state index in [0.717, 1.165) is 122 Å². The van der Waals surface area contributed by atoms with E-state index < -0.39 is 6.10 Å². The molecule has 0 bridgehead atoms. The van der Waals surface area contributed by atoms with Gasteiger partial charge in [0.1, 0.15) is 13.2 Å². The molecule has 0 aliphatic heterocycles. The first kappa shape index (κ1) is 77.1. The molecule has 0 saturated heterocycles. The predicted molar refractivity (Wildman–Crippen MR) is 353 cm³/mol. The van der Waals surface area contributed by atoms with Crippen LogP contribution in [0.3, 0.4) is 0 Å². The minimum Gasteiger partial charge on any atom is -0.462 e. The third-order valence-corrected chi connectivity index (χ3v) is 14.7. The summed E-state index contributed by atoms with van der Waals surface area (Å²) < 4.78 is 17.0. The summed E-state index contributed by atoms with van der Waals surface area (Å²) >= 11 is 0. The molecule has 6 heteroatoms. The average Bonchev–Trinajstić information content (AvgIpc) is 3.47.